The minimum Gasteiger partial charge on any atom is -0.326 e. The highest BCUT2D eigenvalue weighted by molar-refractivity contribution is 5.89. The molecule has 1 amide bonds. The number of carbonyl (C=O) groups excluding carboxylic acids is 1. The normalized spacial score (nSPS) is 15.4. The van der Waals surface area contributed by atoms with Crippen molar-refractivity contribution in [3.8, 4) is 0 Å². The van der Waals surface area contributed by atoms with Gasteiger partial charge in [0.1, 0.15) is 0 Å². The lowest BCUT2D eigenvalue weighted by Gasteiger charge is -2.13. The molecule has 0 aromatic heterocycles. The van der Waals surface area contributed by atoms with Crippen molar-refractivity contribution in [3.63, 3.8) is 0 Å². The maximum atomic E-state index is 11.5. The predicted octanol–water partition coefficient (Wildman–Crippen LogP) is 5.09. The van der Waals surface area contributed by atoms with Crippen LogP contribution in [0.15, 0.2) is 42.5 Å². The smallest absolute Gasteiger partial charge is 0.221 e. The second-order valence-corrected chi connectivity index (χ2v) is 6.90. The largest absolute Gasteiger partial charge is 0.326 e. The summed E-state index contributed by atoms with van der Waals surface area (Å²) in [7, 11) is 0. The Labute approximate surface area is 145 Å². The molecule has 0 aliphatic heterocycles. The van der Waals surface area contributed by atoms with Gasteiger partial charge < -0.3 is 5.32 Å². The Kier molecular flexibility index (Phi) is 5.68. The summed E-state index contributed by atoms with van der Waals surface area (Å²) in [5.41, 5.74) is 6.47. The Morgan fingerprint density at radius 1 is 0.750 bits per heavy atom. The van der Waals surface area contributed by atoms with Gasteiger partial charge >= 0.3 is 0 Å². The number of hydrogen-bond donors (Lipinski definition) is 1. The van der Waals surface area contributed by atoms with Gasteiger partial charge in [0.2, 0.25) is 5.91 Å². The zero-order valence-corrected chi connectivity index (χ0v) is 14.6. The fourth-order valence-electron chi connectivity index (χ4n) is 3.48. The van der Waals surface area contributed by atoms with Gasteiger partial charge in [-0.2, -0.15) is 0 Å². The third-order valence-electron chi connectivity index (χ3n) is 4.85. The Balaban J connectivity index is 1.78. The first-order chi connectivity index (χ1) is 11.7. The summed E-state index contributed by atoms with van der Waals surface area (Å²) in [5.74, 6) is 0.0161. The van der Waals surface area contributed by atoms with E-state index in [1.165, 1.54) is 41.5 Å². The van der Waals surface area contributed by atoms with E-state index in [2.05, 4.69) is 47.8 Å². The lowest BCUT2D eigenvalue weighted by molar-refractivity contribution is -0.114. The average molecular weight is 321 g/mol. The summed E-state index contributed by atoms with van der Waals surface area (Å²) in [6.07, 6.45) is 9.09. The van der Waals surface area contributed by atoms with Crippen LogP contribution in [-0.2, 0) is 30.5 Å². The molecule has 0 saturated carbocycles. The van der Waals surface area contributed by atoms with Crippen molar-refractivity contribution < 1.29 is 4.79 Å². The number of anilines is 1. The summed E-state index contributed by atoms with van der Waals surface area (Å²) in [5, 5.41) is 3.02. The molecule has 1 N–H and O–H groups in total. The van der Waals surface area contributed by atoms with E-state index in [-0.39, 0.29) is 5.91 Å². The molecule has 6 rings (SSSR count). The zero-order valence-electron chi connectivity index (χ0n) is 14.6. The van der Waals surface area contributed by atoms with Gasteiger partial charge in [-0.15, -0.1) is 0 Å². The molecular weight excluding hydrogens is 294 g/mol. The summed E-state index contributed by atoms with van der Waals surface area (Å²) in [6, 6.07) is 15.8. The molecular formula is C22H27NO. The second-order valence-electron chi connectivity index (χ2n) is 6.90. The predicted molar refractivity (Wildman–Crippen MR) is 100 cm³/mol. The number of amides is 1. The summed E-state index contributed by atoms with van der Waals surface area (Å²) < 4.78 is 0. The van der Waals surface area contributed by atoms with Gasteiger partial charge in [-0.1, -0.05) is 36.4 Å². The zero-order chi connectivity index (χ0) is 16.8. The maximum Gasteiger partial charge on any atom is 0.221 e. The number of nitrogens with one attached hydrogen (secondary N) is 1. The van der Waals surface area contributed by atoms with E-state index in [0.29, 0.717) is 0 Å². The van der Waals surface area contributed by atoms with Crippen molar-refractivity contribution in [1.29, 1.82) is 0 Å². The van der Waals surface area contributed by atoms with Crippen LogP contribution in [0.3, 0.4) is 0 Å². The Hall–Kier alpha value is -2.09. The van der Waals surface area contributed by atoms with E-state index >= 15 is 0 Å². The van der Waals surface area contributed by atoms with Gasteiger partial charge in [-0.3, -0.25) is 4.79 Å². The molecule has 0 saturated heterocycles. The van der Waals surface area contributed by atoms with Crippen LogP contribution in [0.1, 0.15) is 54.9 Å². The Bertz CT molecular complexity index is 688. The highest BCUT2D eigenvalue weighted by Crippen LogP contribution is 2.22. The first kappa shape index (κ1) is 16.8. The second kappa shape index (κ2) is 8.14. The molecule has 2 nitrogen and oxygen atoms in total. The first-order valence-corrected chi connectivity index (χ1v) is 9.18. The van der Waals surface area contributed by atoms with E-state index in [0.717, 1.165) is 37.8 Å². The monoisotopic (exact) mass is 321 g/mol. The van der Waals surface area contributed by atoms with Crippen LogP contribution < -0.4 is 5.32 Å². The lowest BCUT2D eigenvalue weighted by Crippen LogP contribution is -2.09. The number of hydrogen-bond acceptors (Lipinski definition) is 1. The minimum atomic E-state index is 0.0161. The van der Waals surface area contributed by atoms with E-state index in [9.17, 15) is 4.79 Å². The quantitative estimate of drug-likeness (QED) is 0.779. The summed E-state index contributed by atoms with van der Waals surface area (Å²) in [4.78, 5) is 11.5. The van der Waals surface area contributed by atoms with Crippen LogP contribution in [0.5, 0.6) is 0 Å². The molecule has 0 heterocycles. The fourth-order valence-corrected chi connectivity index (χ4v) is 3.48. The average Bonchev–Trinajstić information content (AvgIpc) is 2.56. The molecule has 126 valence electrons. The molecule has 4 bridgehead atoms. The standard InChI is InChI=1S/C22H27NO/c1-17(24)23-22-16-20-8-3-2-6-18-10-12-19(13-11-18)7-4-5-9-21(22)15-14-20/h10-16H,2-9H2,1H3,(H,23,24). The van der Waals surface area contributed by atoms with Crippen LogP contribution >= 0.6 is 0 Å². The number of aryl methyl sites for hydroxylation is 4. The third kappa shape index (κ3) is 4.70. The Morgan fingerprint density at radius 3 is 1.83 bits per heavy atom. The molecule has 2 aromatic carbocycles. The molecule has 0 radical (unpaired) electrons. The molecule has 24 heavy (non-hydrogen) atoms. The van der Waals surface area contributed by atoms with Gasteiger partial charge in [0.25, 0.3) is 0 Å². The van der Waals surface area contributed by atoms with E-state index in [4.69, 9.17) is 0 Å². The molecule has 2 aromatic rings. The van der Waals surface area contributed by atoms with Crippen molar-refractivity contribution >= 4 is 11.6 Å². The van der Waals surface area contributed by atoms with Gasteiger partial charge in [0, 0.05) is 12.6 Å². The fraction of sp³-hybridized carbons (Fsp3) is 0.409. The highest BCUT2D eigenvalue weighted by atomic mass is 16.1. The molecule has 4 aliphatic carbocycles. The molecule has 0 fully saturated rings. The van der Waals surface area contributed by atoms with Gasteiger partial charge in [0.15, 0.2) is 0 Å². The van der Waals surface area contributed by atoms with Crippen molar-refractivity contribution in [1.82, 2.24) is 0 Å². The summed E-state index contributed by atoms with van der Waals surface area (Å²) in [6.45, 7) is 1.59. The topological polar surface area (TPSA) is 29.1 Å². The lowest BCUT2D eigenvalue weighted by atomic mass is 9.97. The van der Waals surface area contributed by atoms with E-state index in [1.807, 2.05) is 0 Å². The maximum absolute atomic E-state index is 11.5. The van der Waals surface area contributed by atoms with Crippen LogP contribution in [0, 0.1) is 0 Å². The van der Waals surface area contributed by atoms with Crippen LogP contribution in [0.4, 0.5) is 5.69 Å². The first-order valence-electron chi connectivity index (χ1n) is 9.18. The highest BCUT2D eigenvalue weighted by Gasteiger charge is 2.07. The Morgan fingerprint density at radius 2 is 1.25 bits per heavy atom. The van der Waals surface area contributed by atoms with Gasteiger partial charge in [-0.05, 0) is 79.7 Å². The molecule has 0 spiro atoms. The number of benzene rings is 2. The molecule has 0 unspecified atom stereocenters. The molecule has 4 aliphatic rings. The van der Waals surface area contributed by atoms with Crippen molar-refractivity contribution in [2.24, 2.45) is 0 Å². The van der Waals surface area contributed by atoms with Gasteiger partial charge in [0.05, 0.1) is 0 Å². The van der Waals surface area contributed by atoms with E-state index in [1.54, 1.807) is 6.92 Å². The third-order valence-corrected chi connectivity index (χ3v) is 4.85. The van der Waals surface area contributed by atoms with Crippen molar-refractivity contribution in [2.75, 3.05) is 5.32 Å². The number of rotatable bonds is 1. The van der Waals surface area contributed by atoms with E-state index < -0.39 is 0 Å². The van der Waals surface area contributed by atoms with Crippen LogP contribution in [-0.4, -0.2) is 5.91 Å². The molecule has 2 heteroatoms. The van der Waals surface area contributed by atoms with Crippen LogP contribution in [0.25, 0.3) is 0 Å². The number of carbonyl (C=O) groups is 1. The SMILES string of the molecule is CC(=O)Nc1cc2ccc1CCCCc1ccc(cc1)CCCC2. The van der Waals surface area contributed by atoms with Crippen molar-refractivity contribution in [2.45, 2.75) is 58.3 Å². The molecule has 0 atom stereocenters. The van der Waals surface area contributed by atoms with Crippen molar-refractivity contribution in [3.05, 3.63) is 64.7 Å². The van der Waals surface area contributed by atoms with Crippen LogP contribution in [0.2, 0.25) is 0 Å². The van der Waals surface area contributed by atoms with Gasteiger partial charge in [-0.25, -0.2) is 0 Å². The minimum absolute atomic E-state index is 0.0161. The summed E-state index contributed by atoms with van der Waals surface area (Å²) >= 11 is 0.